The van der Waals surface area contributed by atoms with E-state index in [9.17, 15) is 4.79 Å². The number of benzene rings is 1. The molecule has 0 saturated heterocycles. The minimum atomic E-state index is -0.335. The van der Waals surface area contributed by atoms with Gasteiger partial charge in [0.25, 0.3) is 5.91 Å². The van der Waals surface area contributed by atoms with Crippen LogP contribution in [0.3, 0.4) is 0 Å². The Morgan fingerprint density at radius 1 is 1.29 bits per heavy atom. The number of methoxy groups -OCH3 is 1. The zero-order chi connectivity index (χ0) is 15.2. The quantitative estimate of drug-likeness (QED) is 0.827. The third-order valence-corrected chi connectivity index (χ3v) is 3.16. The van der Waals surface area contributed by atoms with E-state index in [1.165, 1.54) is 13.4 Å². The number of aromatic nitrogens is 2. The van der Waals surface area contributed by atoms with Crippen molar-refractivity contribution in [3.8, 4) is 5.75 Å². The van der Waals surface area contributed by atoms with E-state index in [2.05, 4.69) is 20.6 Å². The number of halogens is 1. The van der Waals surface area contributed by atoms with Crippen LogP contribution in [-0.2, 0) is 6.54 Å². The molecule has 0 aliphatic rings. The summed E-state index contributed by atoms with van der Waals surface area (Å²) in [5.41, 5.74) is 1.25. The van der Waals surface area contributed by atoms with Gasteiger partial charge in [0, 0.05) is 13.6 Å². The Balaban J connectivity index is 2.15. The minimum Gasteiger partial charge on any atom is -0.497 e. The molecule has 0 saturated carbocycles. The smallest absolute Gasteiger partial charge is 0.257 e. The van der Waals surface area contributed by atoms with Gasteiger partial charge in [0.2, 0.25) is 0 Å². The maximum atomic E-state index is 11.8. The van der Waals surface area contributed by atoms with E-state index in [1.807, 2.05) is 24.3 Å². The highest BCUT2D eigenvalue weighted by Crippen LogP contribution is 2.20. The summed E-state index contributed by atoms with van der Waals surface area (Å²) >= 11 is 5.96. The van der Waals surface area contributed by atoms with Crippen molar-refractivity contribution >= 4 is 23.3 Å². The number of amides is 1. The monoisotopic (exact) mass is 306 g/mol. The Labute approximate surface area is 127 Å². The molecule has 0 atom stereocenters. The molecule has 0 fully saturated rings. The first-order chi connectivity index (χ1) is 10.2. The predicted molar refractivity (Wildman–Crippen MR) is 80.8 cm³/mol. The summed E-state index contributed by atoms with van der Waals surface area (Å²) in [5.74, 6) is 0.845. The van der Waals surface area contributed by atoms with Crippen molar-refractivity contribution in [2.75, 3.05) is 19.5 Å². The summed E-state index contributed by atoms with van der Waals surface area (Å²) in [7, 11) is 3.14. The molecule has 1 amide bonds. The first-order valence-corrected chi connectivity index (χ1v) is 6.63. The molecule has 2 rings (SSSR count). The topological polar surface area (TPSA) is 76.1 Å². The maximum absolute atomic E-state index is 11.8. The Morgan fingerprint density at radius 2 is 2.00 bits per heavy atom. The second-order valence-corrected chi connectivity index (χ2v) is 4.53. The second kappa shape index (κ2) is 6.90. The van der Waals surface area contributed by atoms with Crippen molar-refractivity contribution < 1.29 is 9.53 Å². The van der Waals surface area contributed by atoms with Crippen molar-refractivity contribution in [3.63, 3.8) is 0 Å². The van der Waals surface area contributed by atoms with Gasteiger partial charge in [-0.25, -0.2) is 9.97 Å². The molecule has 1 aromatic carbocycles. The molecule has 0 aliphatic carbocycles. The van der Waals surface area contributed by atoms with Crippen LogP contribution in [-0.4, -0.2) is 30.0 Å². The molecule has 1 heterocycles. The van der Waals surface area contributed by atoms with Crippen LogP contribution in [0.4, 0.5) is 5.82 Å². The van der Waals surface area contributed by atoms with Gasteiger partial charge in [0.05, 0.1) is 7.11 Å². The molecule has 2 aromatic rings. The lowest BCUT2D eigenvalue weighted by Gasteiger charge is -2.11. The number of carbonyl (C=O) groups excluding carboxylic acids is 1. The van der Waals surface area contributed by atoms with Crippen LogP contribution in [0.2, 0.25) is 5.15 Å². The predicted octanol–water partition coefficient (Wildman–Crippen LogP) is 2.11. The van der Waals surface area contributed by atoms with Gasteiger partial charge >= 0.3 is 0 Å². The van der Waals surface area contributed by atoms with Crippen LogP contribution in [0.15, 0.2) is 30.6 Å². The number of hydrogen-bond donors (Lipinski definition) is 2. The summed E-state index contributed by atoms with van der Waals surface area (Å²) < 4.78 is 5.10. The first kappa shape index (κ1) is 15.1. The van der Waals surface area contributed by atoms with E-state index in [0.29, 0.717) is 12.4 Å². The Hall–Kier alpha value is -2.34. The number of hydrogen-bond acceptors (Lipinski definition) is 5. The van der Waals surface area contributed by atoms with Gasteiger partial charge in [-0.15, -0.1) is 0 Å². The van der Waals surface area contributed by atoms with Crippen LogP contribution < -0.4 is 15.4 Å². The Bertz CT molecular complexity index is 631. The van der Waals surface area contributed by atoms with Crippen molar-refractivity contribution in [3.05, 3.63) is 46.9 Å². The van der Waals surface area contributed by atoms with Crippen LogP contribution in [0, 0.1) is 0 Å². The molecule has 0 bridgehead atoms. The van der Waals surface area contributed by atoms with Gasteiger partial charge in [-0.1, -0.05) is 23.7 Å². The lowest BCUT2D eigenvalue weighted by Crippen LogP contribution is -2.21. The summed E-state index contributed by atoms with van der Waals surface area (Å²) in [5, 5.41) is 5.71. The summed E-state index contributed by atoms with van der Waals surface area (Å²) in [4.78, 5) is 19.7. The third kappa shape index (κ3) is 3.61. The van der Waals surface area contributed by atoms with Crippen molar-refractivity contribution in [2.24, 2.45) is 0 Å². The lowest BCUT2D eigenvalue weighted by atomic mass is 10.2. The van der Waals surface area contributed by atoms with Gasteiger partial charge in [-0.3, -0.25) is 4.79 Å². The Kier molecular flexibility index (Phi) is 4.94. The van der Waals surface area contributed by atoms with Crippen molar-refractivity contribution in [1.29, 1.82) is 0 Å². The van der Waals surface area contributed by atoms with Gasteiger partial charge in [-0.2, -0.15) is 0 Å². The number of nitrogens with zero attached hydrogens (tertiary/aromatic N) is 2. The SMILES string of the molecule is CNC(=O)c1c(Cl)ncnc1NCc1ccc(OC)cc1. The number of carbonyl (C=O) groups is 1. The zero-order valence-corrected chi connectivity index (χ0v) is 12.4. The van der Waals surface area contributed by atoms with Crippen molar-refractivity contribution in [1.82, 2.24) is 15.3 Å². The molecule has 0 aliphatic heterocycles. The maximum Gasteiger partial charge on any atom is 0.257 e. The molecule has 0 unspecified atom stereocenters. The van der Waals surface area contributed by atoms with Gasteiger partial charge < -0.3 is 15.4 Å². The average Bonchev–Trinajstić information content (AvgIpc) is 2.52. The van der Waals surface area contributed by atoms with E-state index in [1.54, 1.807) is 7.11 Å². The fraction of sp³-hybridized carbons (Fsp3) is 0.214. The number of rotatable bonds is 5. The molecule has 2 N–H and O–H groups in total. The fourth-order valence-electron chi connectivity index (χ4n) is 1.75. The molecule has 1 aromatic heterocycles. The van der Waals surface area contributed by atoms with E-state index < -0.39 is 0 Å². The highest BCUT2D eigenvalue weighted by atomic mass is 35.5. The van der Waals surface area contributed by atoms with Crippen molar-refractivity contribution in [2.45, 2.75) is 6.54 Å². The highest BCUT2D eigenvalue weighted by molar-refractivity contribution is 6.33. The van der Waals surface area contributed by atoms with Crippen LogP contribution >= 0.6 is 11.6 Å². The molecular formula is C14H15ClN4O2. The van der Waals surface area contributed by atoms with Crippen LogP contribution in [0.5, 0.6) is 5.75 Å². The molecule has 21 heavy (non-hydrogen) atoms. The first-order valence-electron chi connectivity index (χ1n) is 6.25. The molecular weight excluding hydrogens is 292 g/mol. The van der Waals surface area contributed by atoms with Gasteiger partial charge in [-0.05, 0) is 17.7 Å². The van der Waals surface area contributed by atoms with Crippen LogP contribution in [0.1, 0.15) is 15.9 Å². The number of ether oxygens (including phenoxy) is 1. The largest absolute Gasteiger partial charge is 0.497 e. The fourth-order valence-corrected chi connectivity index (χ4v) is 1.97. The minimum absolute atomic E-state index is 0.113. The molecule has 0 spiro atoms. The van der Waals surface area contributed by atoms with E-state index >= 15 is 0 Å². The van der Waals surface area contributed by atoms with E-state index in [0.717, 1.165) is 11.3 Å². The standard InChI is InChI=1S/C14H15ClN4O2/c1-16-14(20)11-12(15)18-8-19-13(11)17-7-9-3-5-10(21-2)6-4-9/h3-6,8H,7H2,1-2H3,(H,16,20)(H,17,18,19). The molecule has 0 radical (unpaired) electrons. The van der Waals surface area contributed by atoms with Crippen LogP contribution in [0.25, 0.3) is 0 Å². The third-order valence-electron chi connectivity index (χ3n) is 2.87. The molecule has 110 valence electrons. The molecule has 7 heteroatoms. The Morgan fingerprint density at radius 3 is 2.62 bits per heavy atom. The summed E-state index contributed by atoms with van der Waals surface area (Å²) in [6, 6.07) is 7.58. The lowest BCUT2D eigenvalue weighted by molar-refractivity contribution is 0.0963. The van der Waals surface area contributed by atoms with E-state index in [4.69, 9.17) is 16.3 Å². The second-order valence-electron chi connectivity index (χ2n) is 4.17. The normalized spacial score (nSPS) is 10.0. The van der Waals surface area contributed by atoms with Gasteiger partial charge in [0.15, 0.2) is 0 Å². The van der Waals surface area contributed by atoms with E-state index in [-0.39, 0.29) is 16.6 Å². The summed E-state index contributed by atoms with van der Waals surface area (Å²) in [6.07, 6.45) is 1.31. The highest BCUT2D eigenvalue weighted by Gasteiger charge is 2.16. The average molecular weight is 307 g/mol. The number of nitrogens with one attached hydrogen (secondary N) is 2. The van der Waals surface area contributed by atoms with Gasteiger partial charge in [0.1, 0.15) is 28.6 Å². The summed E-state index contributed by atoms with van der Waals surface area (Å²) in [6.45, 7) is 0.501. The number of anilines is 1. The molecule has 6 nitrogen and oxygen atoms in total. The zero-order valence-electron chi connectivity index (χ0n) is 11.7.